The third-order valence-electron chi connectivity index (χ3n) is 6.14. The zero-order valence-corrected chi connectivity index (χ0v) is 20.3. The smallest absolute Gasteiger partial charge is 0.316 e. The first kappa shape index (κ1) is 24.0. The van der Waals surface area contributed by atoms with Gasteiger partial charge in [0.05, 0.1) is 23.2 Å². The monoisotopic (exact) mass is 496 g/mol. The number of aromatic nitrogens is 2. The fourth-order valence-electron chi connectivity index (χ4n) is 4.23. The lowest BCUT2D eigenvalue weighted by Crippen LogP contribution is -2.50. The number of benzene rings is 1. The Labute approximate surface area is 198 Å². The number of sulfonamides is 1. The zero-order valence-electron chi connectivity index (χ0n) is 18.7. The summed E-state index contributed by atoms with van der Waals surface area (Å²) in [5, 5.41) is 14.3. The minimum absolute atomic E-state index is 0.157. The Morgan fingerprint density at radius 3 is 2.52 bits per heavy atom. The van der Waals surface area contributed by atoms with Crippen LogP contribution in [0.3, 0.4) is 0 Å². The van der Waals surface area contributed by atoms with Crippen LogP contribution in [0.15, 0.2) is 35.3 Å². The Kier molecular flexibility index (Phi) is 6.99. The van der Waals surface area contributed by atoms with Gasteiger partial charge in [0.1, 0.15) is 11.8 Å². The van der Waals surface area contributed by atoms with E-state index >= 15 is 0 Å². The minimum Gasteiger partial charge on any atom is -0.483 e. The van der Waals surface area contributed by atoms with Gasteiger partial charge in [0.25, 0.3) is 0 Å². The second-order valence-electron chi connectivity index (χ2n) is 8.74. The Balaban J connectivity index is 1.66. The van der Waals surface area contributed by atoms with Crippen molar-refractivity contribution in [3.8, 4) is 11.4 Å². The van der Waals surface area contributed by atoms with E-state index in [1.165, 1.54) is 8.99 Å². The van der Waals surface area contributed by atoms with Gasteiger partial charge in [-0.2, -0.15) is 14.1 Å². The van der Waals surface area contributed by atoms with E-state index in [0.29, 0.717) is 61.8 Å². The number of rotatable bonds is 6. The molecule has 1 aliphatic carbocycles. The van der Waals surface area contributed by atoms with Crippen molar-refractivity contribution in [3.05, 3.63) is 45.8 Å². The van der Waals surface area contributed by atoms with E-state index in [0.717, 1.165) is 0 Å². The molecule has 2 fully saturated rings. The van der Waals surface area contributed by atoms with E-state index in [1.807, 2.05) is 4.90 Å². The lowest BCUT2D eigenvalue weighted by atomic mass is 10.2. The van der Waals surface area contributed by atoms with E-state index < -0.39 is 26.9 Å². The molecule has 0 spiro atoms. The molecule has 2 aromatic rings. The highest BCUT2D eigenvalue weighted by Crippen LogP contribution is 2.31. The summed E-state index contributed by atoms with van der Waals surface area (Å²) in [6, 6.07) is 6.83. The fraction of sp³-hybridized carbons (Fsp3) is 0.545. The molecular formula is C22H29ClN4O5S. The second kappa shape index (κ2) is 9.61. The van der Waals surface area contributed by atoms with Crippen molar-refractivity contribution >= 4 is 27.3 Å². The first-order chi connectivity index (χ1) is 15.7. The number of hydrogen-bond donors (Lipinski definition) is 1. The molecule has 1 aromatic heterocycles. The molecule has 11 heteroatoms. The maximum Gasteiger partial charge on any atom is 0.316 e. The molecule has 33 heavy (non-hydrogen) atoms. The average Bonchev–Trinajstić information content (AvgIpc) is 3.19. The Morgan fingerprint density at radius 1 is 1.18 bits per heavy atom. The van der Waals surface area contributed by atoms with Crippen molar-refractivity contribution < 1.29 is 18.3 Å². The molecule has 0 bridgehead atoms. The summed E-state index contributed by atoms with van der Waals surface area (Å²) in [7, 11) is -3.34. The molecular weight excluding hydrogens is 468 g/mol. The normalized spacial score (nSPS) is 22.2. The van der Waals surface area contributed by atoms with Gasteiger partial charge in [0.15, 0.2) is 0 Å². The summed E-state index contributed by atoms with van der Waals surface area (Å²) >= 11 is 6.10. The lowest BCUT2D eigenvalue weighted by molar-refractivity contribution is 0.148. The molecule has 2 unspecified atom stereocenters. The third-order valence-corrected chi connectivity index (χ3v) is 8.66. The SMILES string of the molecule is CC(C)S(=O)(=O)N1CCN(c2cnn(-c3cccc(Cl)c3)c(=O)c2OC2CCC(O)C2)CC1. The first-order valence-electron chi connectivity index (χ1n) is 11.1. The van der Waals surface area contributed by atoms with Crippen LogP contribution in [0.1, 0.15) is 33.1 Å². The number of ether oxygens (including phenoxy) is 1. The number of halogens is 1. The van der Waals surface area contributed by atoms with Crippen molar-refractivity contribution in [1.29, 1.82) is 0 Å². The van der Waals surface area contributed by atoms with Gasteiger partial charge < -0.3 is 14.7 Å². The molecule has 1 aromatic carbocycles. The minimum atomic E-state index is -3.34. The van der Waals surface area contributed by atoms with Gasteiger partial charge in [-0.15, -0.1) is 0 Å². The maximum absolute atomic E-state index is 13.5. The van der Waals surface area contributed by atoms with E-state index in [-0.39, 0.29) is 11.9 Å². The molecule has 1 aliphatic heterocycles. The Hall–Kier alpha value is -2.14. The lowest BCUT2D eigenvalue weighted by Gasteiger charge is -2.36. The molecule has 0 amide bonds. The molecule has 2 heterocycles. The van der Waals surface area contributed by atoms with Gasteiger partial charge >= 0.3 is 5.56 Å². The largest absolute Gasteiger partial charge is 0.483 e. The van der Waals surface area contributed by atoms with Gasteiger partial charge in [-0.3, -0.25) is 4.79 Å². The predicted molar refractivity (Wildman–Crippen MR) is 127 cm³/mol. The number of anilines is 1. The van der Waals surface area contributed by atoms with Crippen LogP contribution in [0, 0.1) is 0 Å². The maximum atomic E-state index is 13.5. The molecule has 2 atom stereocenters. The number of hydrogen-bond acceptors (Lipinski definition) is 7. The Bertz CT molecular complexity index is 1160. The van der Waals surface area contributed by atoms with E-state index in [2.05, 4.69) is 5.10 Å². The molecule has 1 saturated heterocycles. The Morgan fingerprint density at radius 2 is 1.91 bits per heavy atom. The number of aliphatic hydroxyl groups is 1. The van der Waals surface area contributed by atoms with Crippen LogP contribution in [0.2, 0.25) is 5.02 Å². The number of nitrogens with zero attached hydrogens (tertiary/aromatic N) is 4. The van der Waals surface area contributed by atoms with Gasteiger partial charge in [-0.1, -0.05) is 17.7 Å². The highest BCUT2D eigenvalue weighted by Gasteiger charge is 2.32. The van der Waals surface area contributed by atoms with Crippen molar-refractivity contribution in [2.45, 2.75) is 50.6 Å². The molecule has 1 N–H and O–H groups in total. The van der Waals surface area contributed by atoms with Crippen molar-refractivity contribution in [3.63, 3.8) is 0 Å². The number of piperazine rings is 1. The van der Waals surface area contributed by atoms with Crippen LogP contribution < -0.4 is 15.2 Å². The first-order valence-corrected chi connectivity index (χ1v) is 13.0. The molecule has 9 nitrogen and oxygen atoms in total. The average molecular weight is 497 g/mol. The van der Waals surface area contributed by atoms with Crippen LogP contribution in [0.25, 0.3) is 5.69 Å². The van der Waals surface area contributed by atoms with Crippen molar-refractivity contribution in [2.24, 2.45) is 0 Å². The topological polar surface area (TPSA) is 105 Å². The summed E-state index contributed by atoms with van der Waals surface area (Å²) < 4.78 is 33.9. The second-order valence-corrected chi connectivity index (χ2v) is 11.7. The number of aliphatic hydroxyl groups excluding tert-OH is 1. The fourth-order valence-corrected chi connectivity index (χ4v) is 5.68. The zero-order chi connectivity index (χ0) is 23.8. The molecule has 180 valence electrons. The van der Waals surface area contributed by atoms with Gasteiger partial charge in [0, 0.05) is 37.6 Å². The predicted octanol–water partition coefficient (Wildman–Crippen LogP) is 2.04. The van der Waals surface area contributed by atoms with Crippen molar-refractivity contribution in [1.82, 2.24) is 14.1 Å². The van der Waals surface area contributed by atoms with Gasteiger partial charge in [-0.25, -0.2) is 8.42 Å². The van der Waals surface area contributed by atoms with E-state index in [1.54, 1.807) is 44.3 Å². The molecule has 4 rings (SSSR count). The van der Waals surface area contributed by atoms with Crippen LogP contribution in [0.4, 0.5) is 5.69 Å². The van der Waals surface area contributed by atoms with E-state index in [9.17, 15) is 18.3 Å². The molecule has 1 saturated carbocycles. The highest BCUT2D eigenvalue weighted by atomic mass is 35.5. The quantitative estimate of drug-likeness (QED) is 0.652. The summed E-state index contributed by atoms with van der Waals surface area (Å²) in [6.07, 6.45) is 2.60. The summed E-state index contributed by atoms with van der Waals surface area (Å²) in [5.74, 6) is 0.157. The van der Waals surface area contributed by atoms with Gasteiger partial charge in [-0.05, 0) is 44.9 Å². The summed E-state index contributed by atoms with van der Waals surface area (Å²) in [4.78, 5) is 15.4. The van der Waals surface area contributed by atoms with E-state index in [4.69, 9.17) is 16.3 Å². The van der Waals surface area contributed by atoms with Gasteiger partial charge in [0.2, 0.25) is 15.8 Å². The van der Waals surface area contributed by atoms with Crippen LogP contribution >= 0.6 is 11.6 Å². The van der Waals surface area contributed by atoms with Crippen LogP contribution in [0.5, 0.6) is 5.75 Å². The summed E-state index contributed by atoms with van der Waals surface area (Å²) in [5.41, 5.74) is 0.623. The summed E-state index contributed by atoms with van der Waals surface area (Å²) in [6.45, 7) is 4.81. The van der Waals surface area contributed by atoms with Crippen LogP contribution in [-0.2, 0) is 10.0 Å². The highest BCUT2D eigenvalue weighted by molar-refractivity contribution is 7.89. The van der Waals surface area contributed by atoms with Crippen LogP contribution in [-0.4, -0.2) is 71.2 Å². The van der Waals surface area contributed by atoms with Crippen molar-refractivity contribution in [2.75, 3.05) is 31.1 Å². The third kappa shape index (κ3) is 5.03. The standard InChI is InChI=1S/C22H29ClN4O5S/c1-15(2)33(30,31)26-10-8-25(9-11-26)20-14-24-27(17-5-3-4-16(23)12-17)22(29)21(20)32-19-7-6-18(28)13-19/h3-5,12,14-15,18-19,28H,6-11,13H2,1-2H3. The molecule has 2 aliphatic rings. The molecule has 0 radical (unpaired) electrons.